The first-order valence-corrected chi connectivity index (χ1v) is 9.67. The van der Waals surface area contributed by atoms with Gasteiger partial charge in [0, 0.05) is 31.6 Å². The number of carbonyl (C=O) groups excluding carboxylic acids is 1. The number of hydrogen-bond acceptors (Lipinski definition) is 4. The van der Waals surface area contributed by atoms with E-state index in [1.807, 2.05) is 0 Å². The van der Waals surface area contributed by atoms with Crippen molar-refractivity contribution in [3.63, 3.8) is 0 Å². The van der Waals surface area contributed by atoms with Crippen molar-refractivity contribution in [2.24, 2.45) is 0 Å². The van der Waals surface area contributed by atoms with Crippen molar-refractivity contribution < 1.29 is 22.7 Å². The molecule has 2 N–H and O–H groups in total. The van der Waals surface area contributed by atoms with Crippen molar-refractivity contribution in [1.29, 1.82) is 0 Å². The van der Waals surface area contributed by atoms with Crippen molar-refractivity contribution in [1.82, 2.24) is 5.32 Å². The van der Waals surface area contributed by atoms with Gasteiger partial charge in [0.05, 0.1) is 10.5 Å². The number of aliphatic hydroxyl groups is 1. The highest BCUT2D eigenvalue weighted by atomic mass is 79.9. The van der Waals surface area contributed by atoms with E-state index in [0.717, 1.165) is 17.5 Å². The molecule has 0 saturated heterocycles. The Labute approximate surface area is 155 Å². The van der Waals surface area contributed by atoms with E-state index >= 15 is 0 Å². The molecule has 0 radical (unpaired) electrons. The summed E-state index contributed by atoms with van der Waals surface area (Å²) in [5, 5.41) is 14.6. The molecule has 1 unspecified atom stereocenters. The summed E-state index contributed by atoms with van der Waals surface area (Å²) in [4.78, 5) is 12.5. The van der Waals surface area contributed by atoms with Gasteiger partial charge >= 0.3 is 0 Å². The number of sulfone groups is 1. The Kier molecular flexibility index (Phi) is 3.43. The Balaban J connectivity index is 2.08. The van der Waals surface area contributed by atoms with Gasteiger partial charge in [-0.15, -0.1) is 0 Å². The molecule has 128 valence electrons. The molecule has 2 heterocycles. The molecule has 2 aromatic rings. The summed E-state index contributed by atoms with van der Waals surface area (Å²) in [6.45, 7) is 0. The second kappa shape index (κ2) is 5.14. The van der Waals surface area contributed by atoms with Crippen LogP contribution in [0.2, 0.25) is 5.02 Å². The van der Waals surface area contributed by atoms with E-state index in [-0.39, 0.29) is 36.6 Å². The molecule has 2 aliphatic rings. The van der Waals surface area contributed by atoms with Crippen LogP contribution in [-0.4, -0.2) is 19.4 Å². The number of amides is 1. The van der Waals surface area contributed by atoms with Gasteiger partial charge in [0.1, 0.15) is 5.82 Å². The average molecular weight is 445 g/mol. The van der Waals surface area contributed by atoms with Crippen LogP contribution in [0, 0.1) is 5.82 Å². The van der Waals surface area contributed by atoms with E-state index < -0.39 is 27.3 Å². The molecule has 2 aromatic carbocycles. The van der Waals surface area contributed by atoms with Crippen molar-refractivity contribution in [2.75, 3.05) is 0 Å². The molecule has 5 nitrogen and oxygen atoms in total. The maximum absolute atomic E-state index is 13.7. The van der Waals surface area contributed by atoms with Gasteiger partial charge in [-0.1, -0.05) is 27.5 Å². The van der Waals surface area contributed by atoms with Crippen LogP contribution < -0.4 is 5.32 Å². The summed E-state index contributed by atoms with van der Waals surface area (Å²) < 4.78 is 38.0. The lowest BCUT2D eigenvalue weighted by molar-refractivity contribution is 0.0470. The minimum absolute atomic E-state index is 0.00419. The van der Waals surface area contributed by atoms with Gasteiger partial charge in [-0.2, -0.15) is 0 Å². The van der Waals surface area contributed by atoms with Crippen molar-refractivity contribution >= 4 is 49.4 Å². The summed E-state index contributed by atoms with van der Waals surface area (Å²) in [6.07, 6.45) is 1.30. The molecular formula is C16H8BrClFNO4S. The molecule has 0 bridgehead atoms. The second-order valence-corrected chi connectivity index (χ2v) is 8.72. The van der Waals surface area contributed by atoms with Gasteiger partial charge in [-0.05, 0) is 30.3 Å². The van der Waals surface area contributed by atoms with Crippen LogP contribution in [0.5, 0.6) is 0 Å². The number of benzene rings is 2. The first-order chi connectivity index (χ1) is 11.6. The Morgan fingerprint density at radius 2 is 2.00 bits per heavy atom. The zero-order chi connectivity index (χ0) is 18.1. The van der Waals surface area contributed by atoms with Crippen molar-refractivity contribution in [2.45, 2.75) is 10.6 Å². The zero-order valence-electron chi connectivity index (χ0n) is 12.2. The van der Waals surface area contributed by atoms with E-state index in [1.165, 1.54) is 18.2 Å². The van der Waals surface area contributed by atoms with Crippen LogP contribution in [0.3, 0.4) is 0 Å². The van der Waals surface area contributed by atoms with Gasteiger partial charge in [0.2, 0.25) is 0 Å². The minimum Gasteiger partial charge on any atom is -0.363 e. The third-order valence-corrected chi connectivity index (χ3v) is 6.60. The largest absolute Gasteiger partial charge is 0.363 e. The standard InChI is InChI=1S/C16H8BrClFNO4S/c17-10-6-12-8(3-4-25(12,23)24)13-14(10)16(22,20-15(13)21)9-5-7(19)1-2-11(9)18/h1-6,22H,(H,20,21). The summed E-state index contributed by atoms with van der Waals surface area (Å²) in [5.74, 6) is -1.33. The van der Waals surface area contributed by atoms with Crippen LogP contribution in [0.1, 0.15) is 27.0 Å². The third-order valence-electron chi connectivity index (χ3n) is 4.20. The van der Waals surface area contributed by atoms with E-state index in [4.69, 9.17) is 11.6 Å². The molecule has 0 spiro atoms. The average Bonchev–Trinajstić information content (AvgIpc) is 2.98. The normalized spacial score (nSPS) is 22.6. The lowest BCUT2D eigenvalue weighted by Crippen LogP contribution is -2.40. The fraction of sp³-hybridized carbons (Fsp3) is 0.0625. The maximum atomic E-state index is 13.7. The van der Waals surface area contributed by atoms with Crippen LogP contribution in [0.4, 0.5) is 4.39 Å². The molecule has 25 heavy (non-hydrogen) atoms. The Morgan fingerprint density at radius 3 is 2.72 bits per heavy atom. The third kappa shape index (κ3) is 2.21. The van der Waals surface area contributed by atoms with Crippen LogP contribution in [0.15, 0.2) is 39.0 Å². The number of halogens is 3. The SMILES string of the molecule is O=C1NC(O)(c2cc(F)ccc2Cl)c2c(Br)cc3c(c21)C=CS3(=O)=O. The number of rotatable bonds is 1. The zero-order valence-corrected chi connectivity index (χ0v) is 15.3. The summed E-state index contributed by atoms with van der Waals surface area (Å²) in [6, 6.07) is 4.71. The molecule has 9 heteroatoms. The number of hydrogen-bond donors (Lipinski definition) is 2. The quantitative estimate of drug-likeness (QED) is 0.708. The fourth-order valence-electron chi connectivity index (χ4n) is 3.13. The maximum Gasteiger partial charge on any atom is 0.255 e. The first kappa shape index (κ1) is 16.7. The van der Waals surface area contributed by atoms with E-state index in [0.29, 0.717) is 0 Å². The molecule has 1 atom stereocenters. The van der Waals surface area contributed by atoms with Crippen LogP contribution >= 0.6 is 27.5 Å². The molecule has 0 fully saturated rings. The number of fused-ring (bicyclic) bond motifs is 3. The van der Waals surface area contributed by atoms with Gasteiger partial charge in [-0.3, -0.25) is 4.79 Å². The molecular weight excluding hydrogens is 437 g/mol. The van der Waals surface area contributed by atoms with Crippen molar-refractivity contribution in [3.8, 4) is 0 Å². The summed E-state index contributed by atoms with van der Waals surface area (Å²) in [5.41, 5.74) is -1.87. The number of carbonyl (C=O) groups is 1. The highest BCUT2D eigenvalue weighted by Gasteiger charge is 2.48. The van der Waals surface area contributed by atoms with Gasteiger partial charge < -0.3 is 10.4 Å². The van der Waals surface area contributed by atoms with Gasteiger partial charge in [0.25, 0.3) is 5.91 Å². The lowest BCUT2D eigenvalue weighted by atomic mass is 9.92. The van der Waals surface area contributed by atoms with Gasteiger partial charge in [0.15, 0.2) is 15.6 Å². The monoisotopic (exact) mass is 443 g/mol. The molecule has 0 saturated carbocycles. The van der Waals surface area contributed by atoms with E-state index in [2.05, 4.69) is 21.2 Å². The molecule has 1 amide bonds. The second-order valence-electron chi connectivity index (χ2n) is 5.66. The Hall–Kier alpha value is -1.74. The first-order valence-electron chi connectivity index (χ1n) is 6.96. The Morgan fingerprint density at radius 1 is 1.28 bits per heavy atom. The molecule has 4 rings (SSSR count). The summed E-state index contributed by atoms with van der Waals surface area (Å²) in [7, 11) is -3.65. The fourth-order valence-corrected chi connectivity index (χ4v) is 5.47. The highest BCUT2D eigenvalue weighted by Crippen LogP contribution is 2.46. The predicted molar refractivity (Wildman–Crippen MR) is 92.2 cm³/mol. The van der Waals surface area contributed by atoms with Crippen LogP contribution in [0.25, 0.3) is 6.08 Å². The molecule has 0 aromatic heterocycles. The molecule has 0 aliphatic carbocycles. The van der Waals surface area contributed by atoms with E-state index in [9.17, 15) is 22.7 Å². The van der Waals surface area contributed by atoms with Crippen molar-refractivity contribution in [3.05, 3.63) is 67.2 Å². The Bertz CT molecular complexity index is 1120. The smallest absolute Gasteiger partial charge is 0.255 e. The van der Waals surface area contributed by atoms with Crippen LogP contribution in [-0.2, 0) is 15.6 Å². The highest BCUT2D eigenvalue weighted by molar-refractivity contribution is 9.10. The van der Waals surface area contributed by atoms with E-state index in [1.54, 1.807) is 0 Å². The molecule has 2 aliphatic heterocycles. The lowest BCUT2D eigenvalue weighted by Gasteiger charge is -2.26. The number of nitrogens with one attached hydrogen (secondary N) is 1. The predicted octanol–water partition coefficient (Wildman–Crippen LogP) is 2.94. The topological polar surface area (TPSA) is 83.5 Å². The minimum atomic E-state index is -3.65. The van der Waals surface area contributed by atoms with Gasteiger partial charge in [-0.25, -0.2) is 12.8 Å². The summed E-state index contributed by atoms with van der Waals surface area (Å²) >= 11 is 9.31.